The molecule has 0 bridgehead atoms. The molecule has 10 aromatic carbocycles. The Morgan fingerprint density at radius 3 is 1.88 bits per heavy atom. The number of hydrogen-bond acceptors (Lipinski definition) is 1. The van der Waals surface area contributed by atoms with Gasteiger partial charge in [0.05, 0.1) is 34.3 Å². The van der Waals surface area contributed by atoms with E-state index < -0.39 is 210 Å². The maximum atomic E-state index is 9.85. The molecule has 0 saturated carbocycles. The van der Waals surface area contributed by atoms with Crippen LogP contribution in [0.1, 0.15) is 62.1 Å². The van der Waals surface area contributed by atoms with E-state index in [1.165, 1.54) is 20.8 Å². The van der Waals surface area contributed by atoms with Gasteiger partial charge in [-0.2, -0.15) is 0 Å². The fraction of sp³-hybridized carbons (Fsp3) is 0.0909. The monoisotopic (exact) mass is 741 g/mol. The largest absolute Gasteiger partial charge is 0.455 e. The van der Waals surface area contributed by atoms with Gasteiger partial charge in [-0.05, 0) is 163 Å². The summed E-state index contributed by atoms with van der Waals surface area (Å²) in [6, 6.07) is -17.0. The maximum absolute atomic E-state index is 9.85. The standard InChI is InChI=1S/C55H40O/c1-31-16-24-45-47(26-31)53(51-33(3)11-9-15-46(51)52(45)41-23-25-44-39(28-41)22-19-37-12-6-7-14-43(37)44)38-20-17-36(18-21-38)42-27-34(4)54-48(30-42)49-29-40-13-8-10-32(2)50(40)35(5)55(49)56-54/h6-30H,1-5H3/i6D,7D,8D,9D,10D,11D,12D,13D,14D,15D,16D,17D,18D,19D,20D,21D,22D,23D,24D,25D,26D,27D,28D,29D,30D. The van der Waals surface area contributed by atoms with Crippen molar-refractivity contribution in [3.05, 3.63) is 179 Å². The van der Waals surface area contributed by atoms with Crippen molar-refractivity contribution in [3.63, 3.8) is 0 Å². The number of benzene rings is 10. The normalized spacial score (nSPS) is 18.3. The predicted molar refractivity (Wildman–Crippen MR) is 241 cm³/mol. The highest BCUT2D eigenvalue weighted by atomic mass is 16.3. The van der Waals surface area contributed by atoms with Crippen LogP contribution >= 0.6 is 0 Å². The Morgan fingerprint density at radius 2 is 1.02 bits per heavy atom. The molecule has 0 atom stereocenters. The molecule has 0 N–H and O–H groups in total. The molecule has 0 aliphatic rings. The summed E-state index contributed by atoms with van der Waals surface area (Å²) >= 11 is 0. The van der Waals surface area contributed by atoms with Crippen molar-refractivity contribution in [1.29, 1.82) is 0 Å². The second-order valence-electron chi connectivity index (χ2n) is 13.8. The summed E-state index contributed by atoms with van der Waals surface area (Å²) in [6.07, 6.45) is 0. The van der Waals surface area contributed by atoms with Gasteiger partial charge in [0.15, 0.2) is 0 Å². The third-order valence-corrected chi connectivity index (χ3v) is 10.3. The fourth-order valence-corrected chi connectivity index (χ4v) is 7.74. The van der Waals surface area contributed by atoms with Gasteiger partial charge in [-0.3, -0.25) is 0 Å². The molecule has 1 nitrogen and oxygen atoms in total. The van der Waals surface area contributed by atoms with Crippen molar-refractivity contribution in [2.24, 2.45) is 0 Å². The van der Waals surface area contributed by atoms with Gasteiger partial charge >= 0.3 is 0 Å². The lowest BCUT2D eigenvalue weighted by atomic mass is 9.83. The van der Waals surface area contributed by atoms with Gasteiger partial charge in [0.25, 0.3) is 0 Å². The number of furan rings is 1. The van der Waals surface area contributed by atoms with E-state index in [1.54, 1.807) is 13.8 Å². The molecule has 11 rings (SSSR count). The molecular weight excluding hydrogens is 677 g/mol. The van der Waals surface area contributed by atoms with Crippen LogP contribution in [0, 0.1) is 34.6 Å². The highest BCUT2D eigenvalue weighted by molar-refractivity contribution is 6.23. The van der Waals surface area contributed by atoms with E-state index >= 15 is 0 Å². The molecule has 0 aliphatic heterocycles. The predicted octanol–water partition coefficient (Wildman–Crippen LogP) is 15.9. The molecule has 0 unspecified atom stereocenters. The van der Waals surface area contributed by atoms with Crippen LogP contribution in [0.2, 0.25) is 0 Å². The molecule has 1 aromatic heterocycles. The van der Waals surface area contributed by atoms with E-state index in [1.807, 2.05) is 0 Å². The fourth-order valence-electron chi connectivity index (χ4n) is 7.74. The smallest absolute Gasteiger partial charge is 0.138 e. The summed E-state index contributed by atoms with van der Waals surface area (Å²) in [4.78, 5) is 0. The van der Waals surface area contributed by atoms with Gasteiger partial charge in [-0.1, -0.05) is 132 Å². The lowest BCUT2D eigenvalue weighted by Gasteiger charge is -2.20. The topological polar surface area (TPSA) is 13.1 Å². The number of fused-ring (bicyclic) bond motifs is 9. The summed E-state index contributed by atoms with van der Waals surface area (Å²) in [6.45, 7) is 7.32. The van der Waals surface area contributed by atoms with Gasteiger partial charge in [-0.15, -0.1) is 0 Å². The van der Waals surface area contributed by atoms with Gasteiger partial charge in [0, 0.05) is 16.3 Å². The van der Waals surface area contributed by atoms with Crippen molar-refractivity contribution in [1.82, 2.24) is 0 Å². The Morgan fingerprint density at radius 1 is 0.357 bits per heavy atom. The van der Waals surface area contributed by atoms with Gasteiger partial charge in [0.2, 0.25) is 0 Å². The highest BCUT2D eigenvalue weighted by Gasteiger charge is 2.20. The van der Waals surface area contributed by atoms with Crippen molar-refractivity contribution in [2.45, 2.75) is 34.6 Å². The minimum atomic E-state index is -0.881. The molecular formula is C55H40O. The van der Waals surface area contributed by atoms with E-state index in [9.17, 15) is 19.2 Å². The average Bonchev–Trinajstić information content (AvgIpc) is 2.25. The summed E-state index contributed by atoms with van der Waals surface area (Å²) in [7, 11) is 0. The molecule has 0 aliphatic carbocycles. The zero-order valence-electron chi connectivity index (χ0n) is 55.4. The van der Waals surface area contributed by atoms with Crippen LogP contribution in [-0.2, 0) is 0 Å². The second-order valence-corrected chi connectivity index (χ2v) is 13.8. The van der Waals surface area contributed by atoms with Crippen LogP contribution in [0.5, 0.6) is 0 Å². The number of hydrogen-bond donors (Lipinski definition) is 0. The Hall–Kier alpha value is -6.70. The quantitative estimate of drug-likeness (QED) is 0.130. The molecule has 266 valence electrons. The summed E-state index contributed by atoms with van der Waals surface area (Å²) in [5, 5.41) is -3.39. The van der Waals surface area contributed by atoms with E-state index in [-0.39, 0.29) is 61.5 Å². The molecule has 56 heavy (non-hydrogen) atoms. The van der Waals surface area contributed by atoms with Crippen LogP contribution in [0.3, 0.4) is 0 Å². The lowest BCUT2D eigenvalue weighted by Crippen LogP contribution is -1.94. The first-order valence-electron chi connectivity index (χ1n) is 30.2. The van der Waals surface area contributed by atoms with Crippen molar-refractivity contribution >= 4 is 75.8 Å². The SMILES string of the molecule is [2H]c1c([2H])c(-c2c3c([2H])c(C)c([2H])c([2H])c3c(-c3c([2H])c([2H])c4c(c3[2H])c([2H])c([2H])c3c([2H])c([2H])c([2H])c([2H])c34)c3c([2H])c([2H])c([2H])c(C)c23)c([2H])c([2H])c1-c1c([2H])c(C)c2oc3c(C)c4c(C)c([2H])c([2H])c([2H])c4c([2H])c3c2c1[2H]. The van der Waals surface area contributed by atoms with E-state index in [0.29, 0.717) is 16.5 Å². The summed E-state index contributed by atoms with van der Waals surface area (Å²) < 4.78 is 238. The maximum Gasteiger partial charge on any atom is 0.138 e. The molecule has 0 radical (unpaired) electrons. The van der Waals surface area contributed by atoms with Crippen LogP contribution in [0.25, 0.3) is 109 Å². The van der Waals surface area contributed by atoms with Gasteiger partial charge in [0.1, 0.15) is 11.2 Å². The zero-order valence-corrected chi connectivity index (χ0v) is 30.4. The third kappa shape index (κ3) is 4.80. The Labute approximate surface area is 361 Å². The number of aryl methyl sites for hydroxylation is 4. The first-order valence-corrected chi connectivity index (χ1v) is 17.7. The minimum absolute atomic E-state index is 0.000423. The molecule has 11 aromatic rings. The molecule has 0 amide bonds. The van der Waals surface area contributed by atoms with Gasteiger partial charge in [-0.25, -0.2) is 0 Å². The van der Waals surface area contributed by atoms with Crippen LogP contribution in [-0.4, -0.2) is 0 Å². The minimum Gasteiger partial charge on any atom is -0.455 e. The second kappa shape index (κ2) is 12.2. The van der Waals surface area contributed by atoms with Crippen molar-refractivity contribution in [3.8, 4) is 33.4 Å². The number of rotatable bonds is 3. The molecule has 1 heteroatoms. The van der Waals surface area contributed by atoms with Gasteiger partial charge < -0.3 is 4.42 Å². The van der Waals surface area contributed by atoms with E-state index in [2.05, 4.69) is 0 Å². The Balaban J connectivity index is 1.32. The molecule has 0 saturated heterocycles. The Kier molecular flexibility index (Phi) is 3.51. The van der Waals surface area contributed by atoms with Crippen molar-refractivity contribution in [2.75, 3.05) is 0 Å². The van der Waals surface area contributed by atoms with E-state index in [4.69, 9.17) is 19.5 Å². The highest BCUT2D eigenvalue weighted by Crippen LogP contribution is 2.46. The molecule has 0 fully saturated rings. The van der Waals surface area contributed by atoms with Crippen LogP contribution in [0.15, 0.2) is 155 Å². The molecule has 0 spiro atoms. The summed E-state index contributed by atoms with van der Waals surface area (Å²) in [5.74, 6) is 0. The van der Waals surface area contributed by atoms with Crippen LogP contribution in [0.4, 0.5) is 0 Å². The Bertz CT molecular complexity index is 4810. The molecule has 1 heterocycles. The first-order chi connectivity index (χ1) is 37.8. The van der Waals surface area contributed by atoms with Crippen LogP contribution < -0.4 is 0 Å². The first kappa shape index (κ1) is 16.2. The zero-order chi connectivity index (χ0) is 59.6. The summed E-state index contributed by atoms with van der Waals surface area (Å²) in [5.41, 5.74) is -2.71. The van der Waals surface area contributed by atoms with E-state index in [0.717, 1.165) is 0 Å². The lowest BCUT2D eigenvalue weighted by molar-refractivity contribution is 0.663. The average molecular weight is 742 g/mol. The van der Waals surface area contributed by atoms with Crippen molar-refractivity contribution < 1.29 is 38.7 Å². The third-order valence-electron chi connectivity index (χ3n) is 10.3.